The number of nitrogens with zero attached hydrogens (tertiary/aromatic N) is 2. The molecular formula is C12H19N3O3. The summed E-state index contributed by atoms with van der Waals surface area (Å²) in [6.07, 6.45) is 2.10. The van der Waals surface area contributed by atoms with Crippen LogP contribution in [0.25, 0.3) is 0 Å². The third-order valence-electron chi connectivity index (χ3n) is 2.68. The number of aromatic nitrogens is 2. The first kappa shape index (κ1) is 14.2. The monoisotopic (exact) mass is 253 g/mol. The first-order chi connectivity index (χ1) is 8.49. The lowest BCUT2D eigenvalue weighted by molar-refractivity contribution is -0.139. The van der Waals surface area contributed by atoms with Gasteiger partial charge in [0.2, 0.25) is 0 Å². The lowest BCUT2D eigenvalue weighted by atomic mass is 10.2. The summed E-state index contributed by atoms with van der Waals surface area (Å²) in [6.45, 7) is 3.75. The number of hydrogen-bond acceptors (Lipinski definition) is 3. The molecule has 0 radical (unpaired) electrons. The van der Waals surface area contributed by atoms with Gasteiger partial charge in [0.25, 0.3) is 5.91 Å². The van der Waals surface area contributed by atoms with Gasteiger partial charge in [-0.1, -0.05) is 20.3 Å². The summed E-state index contributed by atoms with van der Waals surface area (Å²) in [5.41, 5.74) is 1.23. The third kappa shape index (κ3) is 3.32. The molecule has 1 heterocycles. The molecule has 1 atom stereocenters. The van der Waals surface area contributed by atoms with Gasteiger partial charge < -0.3 is 10.4 Å². The molecule has 0 unspecified atom stereocenters. The van der Waals surface area contributed by atoms with Gasteiger partial charge in [-0.3, -0.25) is 9.48 Å². The summed E-state index contributed by atoms with van der Waals surface area (Å²) >= 11 is 0. The topological polar surface area (TPSA) is 84.2 Å². The Labute approximate surface area is 106 Å². The molecule has 2 N–H and O–H groups in total. The van der Waals surface area contributed by atoms with E-state index < -0.39 is 17.9 Å². The fourth-order valence-electron chi connectivity index (χ4n) is 1.69. The highest BCUT2D eigenvalue weighted by Crippen LogP contribution is 2.06. The molecular weight excluding hydrogens is 234 g/mol. The van der Waals surface area contributed by atoms with Gasteiger partial charge in [0.15, 0.2) is 0 Å². The summed E-state index contributed by atoms with van der Waals surface area (Å²) in [5, 5.41) is 15.6. The van der Waals surface area contributed by atoms with Crippen LogP contribution in [0.1, 0.15) is 42.9 Å². The van der Waals surface area contributed by atoms with Crippen molar-refractivity contribution < 1.29 is 14.7 Å². The van der Waals surface area contributed by atoms with Gasteiger partial charge in [-0.2, -0.15) is 5.10 Å². The second-order valence-electron chi connectivity index (χ2n) is 4.17. The maximum atomic E-state index is 11.9. The largest absolute Gasteiger partial charge is 0.480 e. The first-order valence-electron chi connectivity index (χ1n) is 6.06. The van der Waals surface area contributed by atoms with Crippen molar-refractivity contribution >= 4 is 11.9 Å². The van der Waals surface area contributed by atoms with Crippen molar-refractivity contribution in [2.24, 2.45) is 7.05 Å². The van der Waals surface area contributed by atoms with E-state index in [4.69, 9.17) is 5.11 Å². The Kier molecular flexibility index (Phi) is 4.88. The van der Waals surface area contributed by atoms with Crippen molar-refractivity contribution in [3.8, 4) is 0 Å². The number of aryl methyl sites for hydroxylation is 2. The second kappa shape index (κ2) is 6.18. The van der Waals surface area contributed by atoms with Crippen LogP contribution >= 0.6 is 0 Å². The number of carbonyl (C=O) groups is 2. The SMILES string of the molecule is CCCc1cc(C(=O)N[C@@H](CC)C(=O)O)n(C)n1. The van der Waals surface area contributed by atoms with Crippen LogP contribution in [0.4, 0.5) is 0 Å². The van der Waals surface area contributed by atoms with Crippen LogP contribution in [0, 0.1) is 0 Å². The summed E-state index contributed by atoms with van der Waals surface area (Å²) in [5.74, 6) is -1.43. The molecule has 18 heavy (non-hydrogen) atoms. The van der Waals surface area contributed by atoms with Gasteiger partial charge in [-0.25, -0.2) is 4.79 Å². The molecule has 1 amide bonds. The molecule has 0 bridgehead atoms. The number of hydrogen-bond donors (Lipinski definition) is 2. The summed E-state index contributed by atoms with van der Waals surface area (Å²) < 4.78 is 1.48. The van der Waals surface area contributed by atoms with Crippen molar-refractivity contribution in [2.45, 2.75) is 39.2 Å². The molecule has 6 nitrogen and oxygen atoms in total. The van der Waals surface area contributed by atoms with Gasteiger partial charge in [0.05, 0.1) is 5.69 Å². The molecule has 0 spiro atoms. The van der Waals surface area contributed by atoms with Crippen molar-refractivity contribution in [1.82, 2.24) is 15.1 Å². The zero-order chi connectivity index (χ0) is 13.7. The molecule has 1 aromatic heterocycles. The van der Waals surface area contributed by atoms with Gasteiger partial charge in [-0.05, 0) is 18.9 Å². The lowest BCUT2D eigenvalue weighted by Gasteiger charge is -2.11. The molecule has 6 heteroatoms. The van der Waals surface area contributed by atoms with E-state index in [0.717, 1.165) is 18.5 Å². The van der Waals surface area contributed by atoms with E-state index in [9.17, 15) is 9.59 Å². The number of carbonyl (C=O) groups excluding carboxylic acids is 1. The number of rotatable bonds is 6. The zero-order valence-electron chi connectivity index (χ0n) is 10.9. The zero-order valence-corrected chi connectivity index (χ0v) is 10.9. The van der Waals surface area contributed by atoms with Crippen molar-refractivity contribution in [3.05, 3.63) is 17.5 Å². The fourth-order valence-corrected chi connectivity index (χ4v) is 1.69. The minimum absolute atomic E-state index is 0.348. The van der Waals surface area contributed by atoms with Crippen molar-refractivity contribution in [2.75, 3.05) is 0 Å². The minimum atomic E-state index is -1.03. The molecule has 0 aromatic carbocycles. The quantitative estimate of drug-likeness (QED) is 0.791. The Morgan fingerprint density at radius 2 is 2.17 bits per heavy atom. The number of carboxylic acids is 1. The molecule has 1 rings (SSSR count). The van der Waals surface area contributed by atoms with Crippen molar-refractivity contribution in [1.29, 1.82) is 0 Å². The Balaban J connectivity index is 2.80. The standard InChI is InChI=1S/C12H19N3O3/c1-4-6-8-7-10(15(3)14-8)11(16)13-9(5-2)12(17)18/h7,9H,4-6H2,1-3H3,(H,13,16)(H,17,18)/t9-/m0/s1. The summed E-state index contributed by atoms with van der Waals surface area (Å²) in [6, 6.07) is 0.843. The van der Waals surface area contributed by atoms with E-state index in [-0.39, 0.29) is 0 Å². The fraction of sp³-hybridized carbons (Fsp3) is 0.583. The van der Waals surface area contributed by atoms with Gasteiger partial charge >= 0.3 is 5.97 Å². The van der Waals surface area contributed by atoms with Crippen molar-refractivity contribution in [3.63, 3.8) is 0 Å². The van der Waals surface area contributed by atoms with Crippen LogP contribution in [0.5, 0.6) is 0 Å². The molecule has 0 aliphatic rings. The molecule has 0 aliphatic heterocycles. The Morgan fingerprint density at radius 3 is 2.67 bits per heavy atom. The van der Waals surface area contributed by atoms with E-state index in [1.807, 2.05) is 6.92 Å². The predicted molar refractivity (Wildman–Crippen MR) is 66.4 cm³/mol. The lowest BCUT2D eigenvalue weighted by Crippen LogP contribution is -2.40. The van der Waals surface area contributed by atoms with Crippen LogP contribution in [-0.2, 0) is 18.3 Å². The Hall–Kier alpha value is -1.85. The number of amides is 1. The molecule has 0 saturated heterocycles. The maximum absolute atomic E-state index is 11.9. The second-order valence-corrected chi connectivity index (χ2v) is 4.17. The smallest absolute Gasteiger partial charge is 0.326 e. The van der Waals surface area contributed by atoms with Crippen LogP contribution in [0.15, 0.2) is 6.07 Å². The highest BCUT2D eigenvalue weighted by Gasteiger charge is 2.20. The highest BCUT2D eigenvalue weighted by molar-refractivity contribution is 5.95. The summed E-state index contributed by atoms with van der Waals surface area (Å²) in [7, 11) is 1.68. The number of aliphatic carboxylic acids is 1. The molecule has 0 saturated carbocycles. The van der Waals surface area contributed by atoms with E-state index >= 15 is 0 Å². The van der Waals surface area contributed by atoms with E-state index in [1.54, 1.807) is 20.0 Å². The van der Waals surface area contributed by atoms with Crippen LogP contribution in [0.2, 0.25) is 0 Å². The predicted octanol–water partition coefficient (Wildman–Crippen LogP) is 0.966. The minimum Gasteiger partial charge on any atom is -0.480 e. The highest BCUT2D eigenvalue weighted by atomic mass is 16.4. The summed E-state index contributed by atoms with van der Waals surface area (Å²) in [4.78, 5) is 22.8. The third-order valence-corrected chi connectivity index (χ3v) is 2.68. The van der Waals surface area contributed by atoms with Gasteiger partial charge in [0, 0.05) is 7.05 Å². The molecule has 0 aliphatic carbocycles. The van der Waals surface area contributed by atoms with E-state index in [0.29, 0.717) is 12.1 Å². The molecule has 1 aromatic rings. The maximum Gasteiger partial charge on any atom is 0.326 e. The van der Waals surface area contributed by atoms with Gasteiger partial charge in [-0.15, -0.1) is 0 Å². The normalized spacial score (nSPS) is 12.2. The van der Waals surface area contributed by atoms with E-state index in [1.165, 1.54) is 4.68 Å². The molecule has 100 valence electrons. The van der Waals surface area contributed by atoms with Gasteiger partial charge in [0.1, 0.15) is 11.7 Å². The number of carboxylic acid groups (broad SMARTS) is 1. The average Bonchev–Trinajstić information content (AvgIpc) is 2.67. The average molecular weight is 253 g/mol. The van der Waals surface area contributed by atoms with Crippen LogP contribution in [0.3, 0.4) is 0 Å². The Bertz CT molecular complexity index is 440. The first-order valence-corrected chi connectivity index (χ1v) is 6.06. The Morgan fingerprint density at radius 1 is 1.50 bits per heavy atom. The molecule has 0 fully saturated rings. The van der Waals surface area contributed by atoms with E-state index in [2.05, 4.69) is 10.4 Å². The van der Waals surface area contributed by atoms with Crippen LogP contribution < -0.4 is 5.32 Å². The van der Waals surface area contributed by atoms with Crippen LogP contribution in [-0.4, -0.2) is 32.8 Å². The number of nitrogens with one attached hydrogen (secondary N) is 1.